The fourth-order valence-electron chi connectivity index (χ4n) is 3.05. The number of anilines is 2. The summed E-state index contributed by atoms with van der Waals surface area (Å²) in [6.07, 6.45) is 3.78. The van der Waals surface area contributed by atoms with Crippen LogP contribution in [0.15, 0.2) is 36.7 Å². The molecule has 1 saturated heterocycles. The molecule has 6 nitrogen and oxygen atoms in total. The Bertz CT molecular complexity index is 790. The number of hydrogen-bond donors (Lipinski definition) is 1. The van der Waals surface area contributed by atoms with E-state index in [1.54, 1.807) is 30.3 Å². The molecule has 1 N–H and O–H groups in total. The lowest BCUT2D eigenvalue weighted by atomic mass is 10.0. The lowest BCUT2D eigenvalue weighted by Gasteiger charge is -2.31. The zero-order valence-corrected chi connectivity index (χ0v) is 14.5. The first kappa shape index (κ1) is 17.1. The molecule has 130 valence electrons. The number of ketones is 1. The summed E-state index contributed by atoms with van der Waals surface area (Å²) in [6.45, 7) is 5.61. The molecule has 1 unspecified atom stereocenters. The van der Waals surface area contributed by atoms with E-state index in [2.05, 4.69) is 27.1 Å². The van der Waals surface area contributed by atoms with Crippen LogP contribution in [0.25, 0.3) is 0 Å². The van der Waals surface area contributed by atoms with Gasteiger partial charge in [0.25, 0.3) is 5.91 Å². The predicted molar refractivity (Wildman–Crippen MR) is 97.0 cm³/mol. The predicted octanol–water partition coefficient (Wildman–Crippen LogP) is 3.17. The van der Waals surface area contributed by atoms with E-state index in [-0.39, 0.29) is 11.7 Å². The first-order valence-corrected chi connectivity index (χ1v) is 8.52. The van der Waals surface area contributed by atoms with Gasteiger partial charge >= 0.3 is 0 Å². The maximum atomic E-state index is 12.5. The molecule has 1 aliphatic heterocycles. The molecule has 1 amide bonds. The van der Waals surface area contributed by atoms with E-state index >= 15 is 0 Å². The molecule has 0 spiro atoms. The zero-order chi connectivity index (χ0) is 17.8. The Hall–Kier alpha value is -2.76. The second-order valence-corrected chi connectivity index (χ2v) is 6.55. The number of rotatable bonds is 4. The minimum absolute atomic E-state index is 0.0420. The van der Waals surface area contributed by atoms with E-state index in [1.807, 2.05) is 0 Å². The molecule has 2 heterocycles. The lowest BCUT2D eigenvalue weighted by molar-refractivity contribution is 0.100. The summed E-state index contributed by atoms with van der Waals surface area (Å²) in [5, 5.41) is 2.79. The first-order chi connectivity index (χ1) is 12.0. The van der Waals surface area contributed by atoms with Crippen LogP contribution in [0.2, 0.25) is 0 Å². The second kappa shape index (κ2) is 7.42. The molecule has 0 saturated carbocycles. The molecule has 2 aromatic rings. The van der Waals surface area contributed by atoms with E-state index in [9.17, 15) is 9.59 Å². The Balaban J connectivity index is 1.75. The van der Waals surface area contributed by atoms with Crippen LogP contribution in [0, 0.1) is 5.92 Å². The average Bonchev–Trinajstić information content (AvgIpc) is 2.62. The van der Waals surface area contributed by atoms with Gasteiger partial charge < -0.3 is 10.2 Å². The summed E-state index contributed by atoms with van der Waals surface area (Å²) in [4.78, 5) is 34.6. The van der Waals surface area contributed by atoms with Crippen molar-refractivity contribution in [3.05, 3.63) is 47.9 Å². The molecule has 0 aliphatic carbocycles. The van der Waals surface area contributed by atoms with Gasteiger partial charge in [-0.3, -0.25) is 9.59 Å². The molecule has 0 bridgehead atoms. The van der Waals surface area contributed by atoms with Gasteiger partial charge in [0.1, 0.15) is 17.8 Å². The highest BCUT2D eigenvalue weighted by molar-refractivity contribution is 6.04. The number of benzene rings is 1. The van der Waals surface area contributed by atoms with Gasteiger partial charge in [0.05, 0.1) is 0 Å². The molecule has 6 heteroatoms. The van der Waals surface area contributed by atoms with E-state index in [0.29, 0.717) is 22.9 Å². The minimum atomic E-state index is -0.311. The second-order valence-electron chi connectivity index (χ2n) is 6.55. The number of aromatic nitrogens is 2. The summed E-state index contributed by atoms with van der Waals surface area (Å²) in [6, 6.07) is 8.60. The number of Topliss-reactive ketones (excluding diaryl/α,β-unsaturated/α-hetero) is 1. The fourth-order valence-corrected chi connectivity index (χ4v) is 3.05. The summed E-state index contributed by atoms with van der Waals surface area (Å²) >= 11 is 0. The van der Waals surface area contributed by atoms with Crippen LogP contribution < -0.4 is 10.2 Å². The third-order valence-corrected chi connectivity index (χ3v) is 4.39. The molecule has 1 atom stereocenters. The van der Waals surface area contributed by atoms with Gasteiger partial charge in [0, 0.05) is 30.4 Å². The molecule has 1 aliphatic rings. The number of amides is 1. The highest BCUT2D eigenvalue weighted by Gasteiger charge is 2.19. The average molecular weight is 338 g/mol. The van der Waals surface area contributed by atoms with E-state index in [4.69, 9.17) is 0 Å². The normalized spacial score (nSPS) is 17.2. The van der Waals surface area contributed by atoms with Crippen LogP contribution in [0.3, 0.4) is 0 Å². The van der Waals surface area contributed by atoms with Crippen molar-refractivity contribution in [1.82, 2.24) is 9.97 Å². The van der Waals surface area contributed by atoms with Gasteiger partial charge in [-0.15, -0.1) is 0 Å². The lowest BCUT2D eigenvalue weighted by Crippen LogP contribution is -2.35. The van der Waals surface area contributed by atoms with Gasteiger partial charge in [-0.2, -0.15) is 0 Å². The van der Waals surface area contributed by atoms with Crippen molar-refractivity contribution in [2.24, 2.45) is 5.92 Å². The SMILES string of the molecule is CC(=O)c1cccc(NC(=O)c2cc(N3CCCC(C)C3)ncn2)c1. The molecule has 25 heavy (non-hydrogen) atoms. The summed E-state index contributed by atoms with van der Waals surface area (Å²) in [5.74, 6) is 1.05. The molecule has 1 aromatic carbocycles. The van der Waals surface area contributed by atoms with Gasteiger partial charge in [-0.1, -0.05) is 19.1 Å². The third kappa shape index (κ3) is 4.21. The highest BCUT2D eigenvalue weighted by Crippen LogP contribution is 2.21. The third-order valence-electron chi connectivity index (χ3n) is 4.39. The van der Waals surface area contributed by atoms with Crippen molar-refractivity contribution < 1.29 is 9.59 Å². The Kier molecular flexibility index (Phi) is 5.07. The van der Waals surface area contributed by atoms with Crippen LogP contribution in [0.5, 0.6) is 0 Å². The standard InChI is InChI=1S/C19H22N4O2/c1-13-5-4-8-23(11-13)18-10-17(20-12-21-18)19(25)22-16-7-3-6-15(9-16)14(2)24/h3,6-7,9-10,12-13H,4-5,8,11H2,1-2H3,(H,22,25). The molecular formula is C19H22N4O2. The number of piperidine rings is 1. The summed E-state index contributed by atoms with van der Waals surface area (Å²) in [5.41, 5.74) is 1.45. The topological polar surface area (TPSA) is 75.2 Å². The maximum Gasteiger partial charge on any atom is 0.274 e. The van der Waals surface area contributed by atoms with Crippen molar-refractivity contribution in [1.29, 1.82) is 0 Å². The molecule has 1 aromatic heterocycles. The maximum absolute atomic E-state index is 12.5. The van der Waals surface area contributed by atoms with Crippen molar-refractivity contribution in [2.75, 3.05) is 23.3 Å². The Labute approximate surface area is 147 Å². The Morgan fingerprint density at radius 1 is 1.24 bits per heavy atom. The van der Waals surface area contributed by atoms with Gasteiger partial charge in [-0.05, 0) is 37.8 Å². The van der Waals surface area contributed by atoms with Crippen molar-refractivity contribution in [3.8, 4) is 0 Å². The number of carbonyl (C=O) groups excluding carboxylic acids is 2. The zero-order valence-electron chi connectivity index (χ0n) is 14.5. The van der Waals surface area contributed by atoms with E-state index < -0.39 is 0 Å². The smallest absolute Gasteiger partial charge is 0.274 e. The molecule has 0 radical (unpaired) electrons. The number of nitrogens with one attached hydrogen (secondary N) is 1. The van der Waals surface area contributed by atoms with Crippen molar-refractivity contribution in [2.45, 2.75) is 26.7 Å². The van der Waals surface area contributed by atoms with Crippen LogP contribution in [0.4, 0.5) is 11.5 Å². The number of hydrogen-bond acceptors (Lipinski definition) is 5. The Morgan fingerprint density at radius 3 is 2.84 bits per heavy atom. The van der Waals surface area contributed by atoms with Crippen LogP contribution >= 0.6 is 0 Å². The Morgan fingerprint density at radius 2 is 2.08 bits per heavy atom. The highest BCUT2D eigenvalue weighted by atomic mass is 16.2. The summed E-state index contributed by atoms with van der Waals surface area (Å²) in [7, 11) is 0. The molecular weight excluding hydrogens is 316 g/mol. The fraction of sp³-hybridized carbons (Fsp3) is 0.368. The van der Waals surface area contributed by atoms with Crippen LogP contribution in [-0.4, -0.2) is 34.7 Å². The summed E-state index contributed by atoms with van der Waals surface area (Å²) < 4.78 is 0. The monoisotopic (exact) mass is 338 g/mol. The van der Waals surface area contributed by atoms with Crippen molar-refractivity contribution in [3.63, 3.8) is 0 Å². The van der Waals surface area contributed by atoms with Crippen LogP contribution in [-0.2, 0) is 0 Å². The first-order valence-electron chi connectivity index (χ1n) is 8.52. The van der Waals surface area contributed by atoms with Crippen molar-refractivity contribution >= 4 is 23.2 Å². The van der Waals surface area contributed by atoms with E-state index in [0.717, 1.165) is 25.3 Å². The molecule has 1 fully saturated rings. The van der Waals surface area contributed by atoms with Crippen LogP contribution in [0.1, 0.15) is 47.5 Å². The largest absolute Gasteiger partial charge is 0.356 e. The number of carbonyl (C=O) groups is 2. The van der Waals surface area contributed by atoms with Gasteiger partial charge in [-0.25, -0.2) is 9.97 Å². The molecule has 3 rings (SSSR count). The van der Waals surface area contributed by atoms with E-state index in [1.165, 1.54) is 19.7 Å². The minimum Gasteiger partial charge on any atom is -0.356 e. The van der Waals surface area contributed by atoms with Gasteiger partial charge in [0.15, 0.2) is 5.78 Å². The van der Waals surface area contributed by atoms with Gasteiger partial charge in [0.2, 0.25) is 0 Å². The quantitative estimate of drug-likeness (QED) is 0.867. The number of nitrogens with zero attached hydrogens (tertiary/aromatic N) is 3.